The molecule has 0 radical (unpaired) electrons. The average molecular weight is 281 g/mol. The fourth-order valence-electron chi connectivity index (χ4n) is 2.68. The maximum absolute atomic E-state index is 13.8. The lowest BCUT2D eigenvalue weighted by atomic mass is 10.1. The zero-order chi connectivity index (χ0) is 14.6. The number of hydrogen-bond donors (Lipinski definition) is 1. The Bertz CT molecular complexity index is 425. The van der Waals surface area contributed by atoms with Crippen LogP contribution in [0.5, 0.6) is 0 Å². The van der Waals surface area contributed by atoms with Gasteiger partial charge in [-0.3, -0.25) is 4.90 Å². The Hall–Kier alpha value is -0.970. The van der Waals surface area contributed by atoms with Gasteiger partial charge >= 0.3 is 0 Å². The van der Waals surface area contributed by atoms with Crippen molar-refractivity contribution >= 4 is 0 Å². The van der Waals surface area contributed by atoms with Crippen molar-refractivity contribution in [2.24, 2.45) is 0 Å². The molecule has 0 bridgehead atoms. The molecular weight excluding hydrogens is 257 g/mol. The van der Waals surface area contributed by atoms with E-state index >= 15 is 0 Å². The molecule has 1 fully saturated rings. The number of benzene rings is 1. The molecule has 0 spiro atoms. The number of aliphatic hydroxyl groups is 1. The van der Waals surface area contributed by atoms with Gasteiger partial charge in [-0.05, 0) is 32.8 Å². The summed E-state index contributed by atoms with van der Waals surface area (Å²) in [4.78, 5) is 2.08. The summed E-state index contributed by atoms with van der Waals surface area (Å²) >= 11 is 0. The lowest BCUT2D eigenvalue weighted by molar-refractivity contribution is 0.00844. The van der Waals surface area contributed by atoms with Gasteiger partial charge in [0.1, 0.15) is 5.82 Å². The second-order valence-electron chi connectivity index (χ2n) is 6.21. The lowest BCUT2D eigenvalue weighted by Crippen LogP contribution is -2.42. The van der Waals surface area contributed by atoms with E-state index in [-0.39, 0.29) is 11.9 Å². The lowest BCUT2D eigenvalue weighted by Gasteiger charge is -2.30. The van der Waals surface area contributed by atoms with Crippen LogP contribution in [0.2, 0.25) is 0 Å². The Morgan fingerprint density at radius 3 is 2.75 bits per heavy atom. The molecule has 1 aliphatic rings. The van der Waals surface area contributed by atoms with Crippen LogP contribution in [0.4, 0.5) is 4.39 Å². The summed E-state index contributed by atoms with van der Waals surface area (Å²) in [7, 11) is 0. The van der Waals surface area contributed by atoms with Gasteiger partial charge in [0.2, 0.25) is 0 Å². The highest BCUT2D eigenvalue weighted by molar-refractivity contribution is 5.17. The molecule has 112 valence electrons. The van der Waals surface area contributed by atoms with Crippen molar-refractivity contribution in [3.05, 3.63) is 35.6 Å². The highest BCUT2D eigenvalue weighted by Crippen LogP contribution is 2.18. The van der Waals surface area contributed by atoms with Gasteiger partial charge < -0.3 is 9.84 Å². The van der Waals surface area contributed by atoms with Crippen molar-refractivity contribution in [2.75, 3.05) is 19.7 Å². The van der Waals surface area contributed by atoms with Gasteiger partial charge in [0.25, 0.3) is 0 Å². The minimum atomic E-state index is -0.802. The van der Waals surface area contributed by atoms with Crippen LogP contribution in [0.1, 0.15) is 32.3 Å². The molecule has 1 aromatic carbocycles. The summed E-state index contributed by atoms with van der Waals surface area (Å²) in [6, 6.07) is 6.80. The van der Waals surface area contributed by atoms with E-state index in [1.54, 1.807) is 26.0 Å². The summed E-state index contributed by atoms with van der Waals surface area (Å²) in [5.74, 6) is -0.194. The summed E-state index contributed by atoms with van der Waals surface area (Å²) in [6.07, 6.45) is 2.32. The minimum Gasteiger partial charge on any atom is -0.389 e. The molecule has 0 aromatic heterocycles. The van der Waals surface area contributed by atoms with Crippen LogP contribution in [-0.2, 0) is 11.3 Å². The smallest absolute Gasteiger partial charge is 0.127 e. The number of nitrogens with zero attached hydrogens (tertiary/aromatic N) is 1. The van der Waals surface area contributed by atoms with Crippen LogP contribution >= 0.6 is 0 Å². The van der Waals surface area contributed by atoms with E-state index in [2.05, 4.69) is 4.90 Å². The standard InChI is InChI=1S/C16H24FNO2/c1-16(2,19)12-18(11-14-7-5-9-20-14)10-13-6-3-4-8-15(13)17/h3-4,6,8,14,19H,5,7,9-12H2,1-2H3. The largest absolute Gasteiger partial charge is 0.389 e. The molecule has 0 aliphatic carbocycles. The third-order valence-corrected chi connectivity index (χ3v) is 3.45. The quantitative estimate of drug-likeness (QED) is 0.870. The van der Waals surface area contributed by atoms with Crippen LogP contribution < -0.4 is 0 Å². The van der Waals surface area contributed by atoms with E-state index in [1.807, 2.05) is 6.07 Å². The molecule has 1 aromatic rings. The Kier molecular flexibility index (Phi) is 5.13. The Morgan fingerprint density at radius 2 is 2.15 bits per heavy atom. The molecule has 1 aliphatic heterocycles. The van der Waals surface area contributed by atoms with E-state index in [0.29, 0.717) is 18.7 Å². The predicted octanol–water partition coefficient (Wildman–Crippen LogP) is 2.58. The van der Waals surface area contributed by atoms with E-state index in [9.17, 15) is 9.50 Å². The first-order chi connectivity index (χ1) is 9.44. The predicted molar refractivity (Wildman–Crippen MR) is 76.9 cm³/mol. The fraction of sp³-hybridized carbons (Fsp3) is 0.625. The molecule has 3 nitrogen and oxygen atoms in total. The van der Waals surface area contributed by atoms with Crippen molar-refractivity contribution in [1.82, 2.24) is 4.90 Å². The molecule has 1 unspecified atom stereocenters. The Morgan fingerprint density at radius 1 is 1.40 bits per heavy atom. The van der Waals surface area contributed by atoms with Crippen molar-refractivity contribution < 1.29 is 14.2 Å². The zero-order valence-electron chi connectivity index (χ0n) is 12.3. The second-order valence-corrected chi connectivity index (χ2v) is 6.21. The monoisotopic (exact) mass is 281 g/mol. The van der Waals surface area contributed by atoms with Crippen molar-refractivity contribution in [3.8, 4) is 0 Å². The molecule has 1 N–H and O–H groups in total. The molecule has 1 atom stereocenters. The summed E-state index contributed by atoms with van der Waals surface area (Å²) < 4.78 is 19.4. The van der Waals surface area contributed by atoms with Crippen LogP contribution in [0.15, 0.2) is 24.3 Å². The van der Waals surface area contributed by atoms with Crippen LogP contribution in [0, 0.1) is 5.82 Å². The first kappa shape index (κ1) is 15.4. The topological polar surface area (TPSA) is 32.7 Å². The summed E-state index contributed by atoms with van der Waals surface area (Å²) in [6.45, 7) is 6.09. The average Bonchev–Trinajstić information content (AvgIpc) is 2.82. The maximum Gasteiger partial charge on any atom is 0.127 e. The molecule has 2 rings (SSSR count). The molecule has 1 saturated heterocycles. The molecule has 0 saturated carbocycles. The van der Waals surface area contributed by atoms with Crippen LogP contribution in [-0.4, -0.2) is 41.4 Å². The van der Waals surface area contributed by atoms with Gasteiger partial charge in [-0.25, -0.2) is 4.39 Å². The van der Waals surface area contributed by atoms with Gasteiger partial charge in [0.05, 0.1) is 11.7 Å². The molecule has 0 amide bonds. The molecule has 1 heterocycles. The first-order valence-corrected chi connectivity index (χ1v) is 7.24. The van der Waals surface area contributed by atoms with Crippen molar-refractivity contribution in [3.63, 3.8) is 0 Å². The Balaban J connectivity index is 2.03. The van der Waals surface area contributed by atoms with Gasteiger partial charge in [-0.2, -0.15) is 0 Å². The summed E-state index contributed by atoms with van der Waals surface area (Å²) in [5.41, 5.74) is -0.140. The van der Waals surface area contributed by atoms with Crippen LogP contribution in [0.25, 0.3) is 0 Å². The number of ether oxygens (including phenoxy) is 1. The third-order valence-electron chi connectivity index (χ3n) is 3.45. The minimum absolute atomic E-state index is 0.194. The van der Waals surface area contributed by atoms with Crippen molar-refractivity contribution in [1.29, 1.82) is 0 Å². The van der Waals surface area contributed by atoms with E-state index in [4.69, 9.17) is 4.74 Å². The van der Waals surface area contributed by atoms with Gasteiger partial charge in [0, 0.05) is 31.8 Å². The van der Waals surface area contributed by atoms with Gasteiger partial charge in [0.15, 0.2) is 0 Å². The number of halogens is 1. The Labute approximate surface area is 120 Å². The number of rotatable bonds is 6. The highest BCUT2D eigenvalue weighted by atomic mass is 19.1. The number of hydrogen-bond acceptors (Lipinski definition) is 3. The highest BCUT2D eigenvalue weighted by Gasteiger charge is 2.24. The molecule has 4 heteroatoms. The van der Waals surface area contributed by atoms with Crippen LogP contribution in [0.3, 0.4) is 0 Å². The second kappa shape index (κ2) is 6.66. The van der Waals surface area contributed by atoms with Gasteiger partial charge in [-0.1, -0.05) is 18.2 Å². The molecular formula is C16H24FNO2. The van der Waals surface area contributed by atoms with E-state index < -0.39 is 5.60 Å². The van der Waals surface area contributed by atoms with E-state index in [1.165, 1.54) is 6.07 Å². The third kappa shape index (κ3) is 4.85. The molecule has 20 heavy (non-hydrogen) atoms. The first-order valence-electron chi connectivity index (χ1n) is 7.24. The zero-order valence-corrected chi connectivity index (χ0v) is 12.3. The fourth-order valence-corrected chi connectivity index (χ4v) is 2.68. The van der Waals surface area contributed by atoms with E-state index in [0.717, 1.165) is 26.0 Å². The normalized spacial score (nSPS) is 19.8. The van der Waals surface area contributed by atoms with Gasteiger partial charge in [-0.15, -0.1) is 0 Å². The SMILES string of the molecule is CC(C)(O)CN(Cc1ccccc1F)CC1CCCO1. The summed E-state index contributed by atoms with van der Waals surface area (Å²) in [5, 5.41) is 10.0. The maximum atomic E-state index is 13.8. The van der Waals surface area contributed by atoms with Crippen molar-refractivity contribution in [2.45, 2.75) is 44.9 Å².